The van der Waals surface area contributed by atoms with E-state index < -0.39 is 11.9 Å². The molecular weight excluding hydrogens is 254 g/mol. The first-order valence-electron chi connectivity index (χ1n) is 7.88. The Balaban J connectivity index is 1.71. The number of carbonyl (C=O) groups excluding carboxylic acids is 1. The van der Waals surface area contributed by atoms with Gasteiger partial charge in [-0.15, -0.1) is 0 Å². The highest BCUT2D eigenvalue weighted by molar-refractivity contribution is 5.86. The minimum absolute atomic E-state index is 0.0247. The second kappa shape index (κ2) is 5.58. The molecule has 0 aliphatic heterocycles. The molecule has 2 bridgehead atoms. The number of carboxylic acid groups (broad SMARTS) is 1. The summed E-state index contributed by atoms with van der Waals surface area (Å²) in [4.78, 5) is 24.1. The lowest BCUT2D eigenvalue weighted by atomic mass is 9.62. The van der Waals surface area contributed by atoms with Gasteiger partial charge in [0.05, 0.1) is 11.8 Å². The first-order chi connectivity index (χ1) is 9.66. The van der Waals surface area contributed by atoms with Crippen molar-refractivity contribution in [1.29, 1.82) is 0 Å². The van der Waals surface area contributed by atoms with Gasteiger partial charge in [-0.05, 0) is 37.5 Å². The lowest BCUT2D eigenvalue weighted by molar-refractivity contribution is -0.153. The molecule has 4 nitrogen and oxygen atoms in total. The number of carboxylic acids is 1. The molecule has 0 spiro atoms. The molecule has 110 valence electrons. The first kappa shape index (κ1) is 13.7. The van der Waals surface area contributed by atoms with E-state index in [9.17, 15) is 14.7 Å². The molecule has 0 aromatic rings. The van der Waals surface area contributed by atoms with Crippen LogP contribution in [0.5, 0.6) is 0 Å². The van der Waals surface area contributed by atoms with Gasteiger partial charge in [0.25, 0.3) is 0 Å². The summed E-state index contributed by atoms with van der Waals surface area (Å²) in [5, 5.41) is 12.6. The van der Waals surface area contributed by atoms with Gasteiger partial charge in [-0.1, -0.05) is 31.4 Å². The summed E-state index contributed by atoms with van der Waals surface area (Å²) in [6, 6.07) is 0.259. The molecule has 2 fully saturated rings. The normalized spacial score (nSPS) is 36.8. The van der Waals surface area contributed by atoms with E-state index in [-0.39, 0.29) is 29.7 Å². The molecule has 0 radical (unpaired) electrons. The summed E-state index contributed by atoms with van der Waals surface area (Å²) >= 11 is 0. The molecule has 4 atom stereocenters. The number of rotatable bonds is 3. The Hall–Kier alpha value is -1.32. The lowest BCUT2D eigenvalue weighted by Gasteiger charge is -2.42. The molecule has 0 saturated heterocycles. The number of allylic oxidation sites excluding steroid dienone is 2. The number of nitrogens with one attached hydrogen (secondary N) is 1. The molecule has 0 aromatic heterocycles. The molecule has 4 aliphatic rings. The molecule has 0 heterocycles. The topological polar surface area (TPSA) is 66.4 Å². The maximum Gasteiger partial charge on any atom is 0.307 e. The van der Waals surface area contributed by atoms with Crippen LogP contribution >= 0.6 is 0 Å². The Morgan fingerprint density at radius 1 is 0.900 bits per heavy atom. The van der Waals surface area contributed by atoms with Gasteiger partial charge >= 0.3 is 5.97 Å². The van der Waals surface area contributed by atoms with E-state index in [2.05, 4.69) is 11.4 Å². The van der Waals surface area contributed by atoms with Gasteiger partial charge in [-0.3, -0.25) is 9.59 Å². The van der Waals surface area contributed by atoms with Crippen LogP contribution in [0.3, 0.4) is 0 Å². The van der Waals surface area contributed by atoms with Crippen molar-refractivity contribution in [2.45, 2.75) is 51.0 Å². The summed E-state index contributed by atoms with van der Waals surface area (Å²) < 4.78 is 0. The predicted molar refractivity (Wildman–Crippen MR) is 75.0 cm³/mol. The van der Waals surface area contributed by atoms with E-state index in [4.69, 9.17) is 0 Å². The Bertz CT molecular complexity index is 425. The highest BCUT2D eigenvalue weighted by Gasteiger charge is 2.48. The largest absolute Gasteiger partial charge is 0.481 e. The SMILES string of the molecule is O=C(O)C1C2C=CC(CC2)C1C(=O)NC1CCCCC1. The molecule has 4 unspecified atom stereocenters. The summed E-state index contributed by atoms with van der Waals surface area (Å²) in [5.74, 6) is -1.57. The number of aliphatic carboxylic acids is 1. The van der Waals surface area contributed by atoms with Crippen molar-refractivity contribution in [2.24, 2.45) is 23.7 Å². The smallest absolute Gasteiger partial charge is 0.307 e. The van der Waals surface area contributed by atoms with Crippen LogP contribution in [-0.4, -0.2) is 23.0 Å². The zero-order valence-corrected chi connectivity index (χ0v) is 11.8. The van der Waals surface area contributed by atoms with Gasteiger partial charge in [-0.25, -0.2) is 0 Å². The average Bonchev–Trinajstić information content (AvgIpc) is 2.48. The summed E-state index contributed by atoms with van der Waals surface area (Å²) in [7, 11) is 0. The minimum Gasteiger partial charge on any atom is -0.481 e. The summed E-state index contributed by atoms with van der Waals surface area (Å²) in [6.45, 7) is 0. The first-order valence-corrected chi connectivity index (χ1v) is 7.88. The van der Waals surface area contributed by atoms with Crippen LogP contribution < -0.4 is 5.32 Å². The maximum atomic E-state index is 12.6. The standard InChI is InChI=1S/C16H23NO3/c18-15(17-12-4-2-1-3-5-12)13-10-6-8-11(9-7-10)14(13)16(19)20/h6,8,10-14H,1-5,7,9H2,(H,17,18)(H,19,20). The van der Waals surface area contributed by atoms with Crippen LogP contribution in [0.1, 0.15) is 44.9 Å². The highest BCUT2D eigenvalue weighted by Crippen LogP contribution is 2.45. The molecule has 20 heavy (non-hydrogen) atoms. The van der Waals surface area contributed by atoms with Crippen molar-refractivity contribution in [3.63, 3.8) is 0 Å². The summed E-state index contributed by atoms with van der Waals surface area (Å²) in [5.41, 5.74) is 0. The fourth-order valence-corrected chi connectivity index (χ4v) is 4.23. The molecule has 4 rings (SSSR count). The van der Waals surface area contributed by atoms with Crippen molar-refractivity contribution in [1.82, 2.24) is 5.32 Å². The van der Waals surface area contributed by atoms with E-state index in [0.717, 1.165) is 25.7 Å². The fourth-order valence-electron chi connectivity index (χ4n) is 4.23. The van der Waals surface area contributed by atoms with Gasteiger partial charge in [0.1, 0.15) is 0 Å². The third-order valence-electron chi connectivity index (χ3n) is 5.29. The Labute approximate surface area is 119 Å². The van der Waals surface area contributed by atoms with Crippen molar-refractivity contribution in [3.8, 4) is 0 Å². The second-order valence-electron chi connectivity index (χ2n) is 6.52. The molecule has 2 N–H and O–H groups in total. The van der Waals surface area contributed by atoms with E-state index in [1.165, 1.54) is 19.3 Å². The van der Waals surface area contributed by atoms with Crippen molar-refractivity contribution < 1.29 is 14.7 Å². The molecule has 4 heteroatoms. The lowest BCUT2D eigenvalue weighted by Crippen LogP contribution is -2.51. The van der Waals surface area contributed by atoms with E-state index >= 15 is 0 Å². The molecule has 4 aliphatic carbocycles. The van der Waals surface area contributed by atoms with Crippen LogP contribution in [0.25, 0.3) is 0 Å². The zero-order valence-electron chi connectivity index (χ0n) is 11.8. The van der Waals surface area contributed by atoms with Gasteiger partial charge < -0.3 is 10.4 Å². The van der Waals surface area contributed by atoms with Crippen LogP contribution in [0.4, 0.5) is 0 Å². The minimum atomic E-state index is -0.812. The predicted octanol–water partition coefficient (Wildman–Crippen LogP) is 2.35. The van der Waals surface area contributed by atoms with Gasteiger partial charge in [0.15, 0.2) is 0 Å². The third-order valence-corrected chi connectivity index (χ3v) is 5.29. The molecule has 0 aromatic carbocycles. The number of carbonyl (C=O) groups is 2. The van der Waals surface area contributed by atoms with Crippen molar-refractivity contribution in [3.05, 3.63) is 12.2 Å². The van der Waals surface area contributed by atoms with Gasteiger partial charge in [0.2, 0.25) is 5.91 Å². The monoisotopic (exact) mass is 277 g/mol. The Morgan fingerprint density at radius 3 is 2.05 bits per heavy atom. The number of amides is 1. The van der Waals surface area contributed by atoms with Crippen LogP contribution in [0.2, 0.25) is 0 Å². The fraction of sp³-hybridized carbons (Fsp3) is 0.750. The van der Waals surface area contributed by atoms with E-state index in [1.807, 2.05) is 6.08 Å². The van der Waals surface area contributed by atoms with Crippen LogP contribution in [0, 0.1) is 23.7 Å². The van der Waals surface area contributed by atoms with E-state index in [1.54, 1.807) is 0 Å². The zero-order chi connectivity index (χ0) is 14.1. The third kappa shape index (κ3) is 2.48. The van der Waals surface area contributed by atoms with Gasteiger partial charge in [0, 0.05) is 6.04 Å². The number of hydrogen-bond acceptors (Lipinski definition) is 2. The number of fused-ring (bicyclic) bond motifs is 2. The maximum absolute atomic E-state index is 12.6. The van der Waals surface area contributed by atoms with Crippen molar-refractivity contribution in [2.75, 3.05) is 0 Å². The quantitative estimate of drug-likeness (QED) is 0.778. The van der Waals surface area contributed by atoms with Crippen molar-refractivity contribution >= 4 is 11.9 Å². The van der Waals surface area contributed by atoms with Crippen LogP contribution in [-0.2, 0) is 9.59 Å². The van der Waals surface area contributed by atoms with E-state index in [0.29, 0.717) is 0 Å². The summed E-state index contributed by atoms with van der Waals surface area (Å²) in [6.07, 6.45) is 11.6. The Kier molecular flexibility index (Phi) is 3.81. The molecular formula is C16H23NO3. The molecule has 2 saturated carbocycles. The number of hydrogen-bond donors (Lipinski definition) is 2. The highest BCUT2D eigenvalue weighted by atomic mass is 16.4. The van der Waals surface area contributed by atoms with Crippen LogP contribution in [0.15, 0.2) is 12.2 Å². The van der Waals surface area contributed by atoms with Gasteiger partial charge in [-0.2, -0.15) is 0 Å². The average molecular weight is 277 g/mol. The second-order valence-corrected chi connectivity index (χ2v) is 6.52. The molecule has 1 amide bonds. The Morgan fingerprint density at radius 2 is 1.50 bits per heavy atom.